The third-order valence-corrected chi connectivity index (χ3v) is 6.88. The van der Waals surface area contributed by atoms with Crippen LogP contribution in [0.1, 0.15) is 31.7 Å². The van der Waals surface area contributed by atoms with Crippen LogP contribution in [0.25, 0.3) is 0 Å². The van der Waals surface area contributed by atoms with Gasteiger partial charge in [-0.3, -0.25) is 13.9 Å². The number of aliphatic imine (C=N–C) groups is 1. The van der Waals surface area contributed by atoms with E-state index in [9.17, 15) is 30.7 Å². The van der Waals surface area contributed by atoms with E-state index in [0.717, 1.165) is 11.5 Å². The van der Waals surface area contributed by atoms with Gasteiger partial charge in [0.05, 0.1) is 6.61 Å². The van der Waals surface area contributed by atoms with Crippen LogP contribution in [-0.4, -0.2) is 54.4 Å². The standard InChI is InChI=1S/C15H19NO10S4/c1-3-10(8-24-9(2)17)11-4-5-12(16-15-27-6-7-28-15)14(26-30(21,22)23)13(11)25-29(18,19)20/h4-5,10H,3,6-8H2,1-2H3,(H,18,19,20)(H,21,22,23). The van der Waals surface area contributed by atoms with Crippen LogP contribution in [0.15, 0.2) is 17.1 Å². The van der Waals surface area contributed by atoms with Crippen LogP contribution in [0.2, 0.25) is 0 Å². The van der Waals surface area contributed by atoms with Gasteiger partial charge in [0, 0.05) is 29.9 Å². The van der Waals surface area contributed by atoms with Crippen LogP contribution in [0, 0.1) is 0 Å². The molecular formula is C15H19NO10S4. The van der Waals surface area contributed by atoms with Crippen LogP contribution < -0.4 is 8.37 Å². The molecule has 1 aliphatic heterocycles. The van der Waals surface area contributed by atoms with Crippen molar-refractivity contribution in [2.24, 2.45) is 4.99 Å². The van der Waals surface area contributed by atoms with Crippen LogP contribution in [-0.2, 0) is 30.3 Å². The maximum atomic E-state index is 11.4. The predicted octanol–water partition coefficient (Wildman–Crippen LogP) is 2.57. The molecule has 0 radical (unpaired) electrons. The topological polar surface area (TPSA) is 166 Å². The van der Waals surface area contributed by atoms with E-state index < -0.39 is 44.2 Å². The van der Waals surface area contributed by atoms with Gasteiger partial charge in [0.15, 0.2) is 5.75 Å². The average molecular weight is 502 g/mol. The second kappa shape index (κ2) is 10.2. The first-order valence-electron chi connectivity index (χ1n) is 8.38. The molecule has 1 fully saturated rings. The first kappa shape index (κ1) is 24.7. The largest absolute Gasteiger partial charge is 0.465 e. The number of carbonyl (C=O) groups is 1. The van der Waals surface area contributed by atoms with Gasteiger partial charge in [0.1, 0.15) is 10.1 Å². The molecule has 1 heterocycles. The second-order valence-corrected chi connectivity index (χ2v) is 10.3. The first-order chi connectivity index (χ1) is 13.9. The Bertz CT molecular complexity index is 1030. The summed E-state index contributed by atoms with van der Waals surface area (Å²) in [5.41, 5.74) is -0.0834. The molecule has 1 unspecified atom stereocenters. The maximum absolute atomic E-state index is 11.4. The van der Waals surface area contributed by atoms with Crippen molar-refractivity contribution in [3.8, 4) is 11.5 Å². The molecule has 0 aromatic heterocycles. The van der Waals surface area contributed by atoms with E-state index in [1.807, 2.05) is 0 Å². The van der Waals surface area contributed by atoms with E-state index in [2.05, 4.69) is 13.4 Å². The lowest BCUT2D eigenvalue weighted by atomic mass is 9.95. The van der Waals surface area contributed by atoms with Gasteiger partial charge in [0.25, 0.3) is 0 Å². The van der Waals surface area contributed by atoms with E-state index in [1.165, 1.54) is 42.6 Å². The summed E-state index contributed by atoms with van der Waals surface area (Å²) >= 11 is 2.78. The molecule has 0 saturated carbocycles. The van der Waals surface area contributed by atoms with Crippen LogP contribution in [0.5, 0.6) is 11.5 Å². The van der Waals surface area contributed by atoms with Crippen molar-refractivity contribution in [1.29, 1.82) is 0 Å². The van der Waals surface area contributed by atoms with Crippen LogP contribution in [0.4, 0.5) is 5.69 Å². The molecule has 2 N–H and O–H groups in total. The van der Waals surface area contributed by atoms with Crippen molar-refractivity contribution in [2.75, 3.05) is 18.1 Å². The minimum Gasteiger partial charge on any atom is -0.465 e. The van der Waals surface area contributed by atoms with Gasteiger partial charge in [0.2, 0.25) is 5.75 Å². The Labute approximate surface area is 182 Å². The normalized spacial score (nSPS) is 15.5. The fraction of sp³-hybridized carbons (Fsp3) is 0.467. The number of esters is 1. The van der Waals surface area contributed by atoms with Crippen LogP contribution >= 0.6 is 23.5 Å². The summed E-state index contributed by atoms with van der Waals surface area (Å²) in [6.45, 7) is 2.71. The zero-order valence-corrected chi connectivity index (χ0v) is 19.1. The summed E-state index contributed by atoms with van der Waals surface area (Å²) in [6.07, 6.45) is 0.319. The summed E-state index contributed by atoms with van der Waals surface area (Å²) in [5, 5.41) is 0. The third kappa shape index (κ3) is 7.63. The maximum Gasteiger partial charge on any atom is 0.446 e. The van der Waals surface area contributed by atoms with E-state index in [4.69, 9.17) is 4.74 Å². The zero-order chi connectivity index (χ0) is 22.5. The summed E-state index contributed by atoms with van der Waals surface area (Å²) in [5.74, 6) is -1.11. The van der Waals surface area contributed by atoms with Gasteiger partial charge in [-0.25, -0.2) is 4.99 Å². The van der Waals surface area contributed by atoms with Gasteiger partial charge >= 0.3 is 26.8 Å². The molecule has 1 saturated heterocycles. The number of thioether (sulfide) groups is 2. The molecule has 0 spiro atoms. The zero-order valence-electron chi connectivity index (χ0n) is 15.8. The van der Waals surface area contributed by atoms with Crippen molar-refractivity contribution in [3.63, 3.8) is 0 Å². The van der Waals surface area contributed by atoms with Crippen molar-refractivity contribution in [3.05, 3.63) is 17.7 Å². The van der Waals surface area contributed by atoms with Crippen molar-refractivity contribution >= 4 is 60.4 Å². The third-order valence-electron chi connectivity index (χ3n) is 3.67. The number of nitrogens with zero attached hydrogens (tertiary/aromatic N) is 1. The van der Waals surface area contributed by atoms with Gasteiger partial charge in [-0.15, -0.1) is 0 Å². The first-order valence-corrected chi connectivity index (χ1v) is 13.1. The molecule has 1 aromatic rings. The predicted molar refractivity (Wildman–Crippen MR) is 112 cm³/mol. The molecule has 30 heavy (non-hydrogen) atoms. The fourth-order valence-electron chi connectivity index (χ4n) is 2.46. The van der Waals surface area contributed by atoms with Gasteiger partial charge in [-0.05, 0) is 12.5 Å². The highest BCUT2D eigenvalue weighted by molar-refractivity contribution is 8.41. The number of hydrogen-bond donors (Lipinski definition) is 2. The fourth-order valence-corrected chi connectivity index (χ4v) is 5.39. The highest BCUT2D eigenvalue weighted by Crippen LogP contribution is 2.46. The SMILES string of the molecule is CCC(COC(C)=O)c1ccc(N=C2SCCS2)c(OS(=O)(=O)O)c1OS(=O)(=O)O. The summed E-state index contributed by atoms with van der Waals surface area (Å²) in [7, 11) is -10.2. The minimum absolute atomic E-state index is 0.0608. The Morgan fingerprint density at radius 3 is 2.17 bits per heavy atom. The Morgan fingerprint density at radius 2 is 1.67 bits per heavy atom. The smallest absolute Gasteiger partial charge is 0.446 e. The number of hydrogen-bond acceptors (Lipinski definition) is 11. The molecule has 15 heteroatoms. The van der Waals surface area contributed by atoms with E-state index in [-0.39, 0.29) is 17.9 Å². The van der Waals surface area contributed by atoms with Gasteiger partial charge in [-0.2, -0.15) is 16.8 Å². The van der Waals surface area contributed by atoms with Crippen molar-refractivity contribution < 1.29 is 43.8 Å². The molecule has 1 aliphatic rings. The van der Waals surface area contributed by atoms with Gasteiger partial charge in [-0.1, -0.05) is 36.5 Å². The summed E-state index contributed by atoms with van der Waals surface area (Å²) in [4.78, 5) is 15.4. The van der Waals surface area contributed by atoms with E-state index in [0.29, 0.717) is 10.8 Å². The lowest BCUT2D eigenvalue weighted by Crippen LogP contribution is -2.16. The number of benzene rings is 1. The summed E-state index contributed by atoms with van der Waals surface area (Å²) in [6, 6.07) is 2.73. The molecule has 0 aliphatic carbocycles. The molecular weight excluding hydrogens is 482 g/mol. The highest BCUT2D eigenvalue weighted by Gasteiger charge is 2.29. The van der Waals surface area contributed by atoms with Gasteiger partial charge < -0.3 is 13.1 Å². The lowest BCUT2D eigenvalue weighted by Gasteiger charge is -2.20. The monoisotopic (exact) mass is 501 g/mol. The quantitative estimate of drug-likeness (QED) is 0.375. The Kier molecular flexibility index (Phi) is 8.41. The average Bonchev–Trinajstić information content (AvgIpc) is 3.10. The van der Waals surface area contributed by atoms with E-state index in [1.54, 1.807) is 6.92 Å². The molecule has 11 nitrogen and oxygen atoms in total. The lowest BCUT2D eigenvalue weighted by molar-refractivity contribution is -0.141. The molecule has 1 atom stereocenters. The molecule has 168 valence electrons. The second-order valence-electron chi connectivity index (χ2n) is 5.84. The van der Waals surface area contributed by atoms with Crippen LogP contribution in [0.3, 0.4) is 0 Å². The molecule has 0 bridgehead atoms. The minimum atomic E-state index is -5.12. The van der Waals surface area contributed by atoms with Crippen molar-refractivity contribution in [2.45, 2.75) is 26.2 Å². The number of rotatable bonds is 9. The Morgan fingerprint density at radius 1 is 1.10 bits per heavy atom. The Hall–Kier alpha value is -1.52. The number of ether oxygens (including phenoxy) is 1. The molecule has 2 rings (SSSR count). The number of carbonyl (C=O) groups excluding carboxylic acids is 1. The Balaban J connectivity index is 2.70. The summed E-state index contributed by atoms with van der Waals surface area (Å²) < 4.78 is 78.8. The van der Waals surface area contributed by atoms with Crippen molar-refractivity contribution in [1.82, 2.24) is 0 Å². The molecule has 0 amide bonds. The van der Waals surface area contributed by atoms with E-state index >= 15 is 0 Å². The highest BCUT2D eigenvalue weighted by atomic mass is 32.3. The molecule has 1 aromatic carbocycles.